The summed E-state index contributed by atoms with van der Waals surface area (Å²) >= 11 is 0. The van der Waals surface area contributed by atoms with E-state index in [1.807, 2.05) is 48.5 Å². The lowest BCUT2D eigenvalue weighted by Gasteiger charge is -2.26. The average molecular weight is 787 g/mol. The topological polar surface area (TPSA) is 151 Å². The summed E-state index contributed by atoms with van der Waals surface area (Å²) in [6, 6.07) is 41.3. The number of hydrogen-bond acceptors (Lipinski definition) is 6. The van der Waals surface area contributed by atoms with Gasteiger partial charge in [-0.25, -0.2) is 9.59 Å². The molecule has 0 fully saturated rings. The maximum absolute atomic E-state index is 12.7. The van der Waals surface area contributed by atoms with Crippen molar-refractivity contribution in [1.82, 2.24) is 0 Å². The van der Waals surface area contributed by atoms with Crippen LogP contribution in [0.4, 0.5) is 11.4 Å². The summed E-state index contributed by atoms with van der Waals surface area (Å²) in [6.07, 6.45) is 9.19. The van der Waals surface area contributed by atoms with Crippen LogP contribution in [-0.2, 0) is 5.41 Å². The fourth-order valence-electron chi connectivity index (χ4n) is 5.66. The minimum atomic E-state index is -1.17. The van der Waals surface area contributed by atoms with Crippen molar-refractivity contribution in [2.75, 3.05) is 10.6 Å². The summed E-state index contributed by atoms with van der Waals surface area (Å²) < 4.78 is 12.1. The normalized spacial score (nSPS) is 10.1. The van der Waals surface area contributed by atoms with Gasteiger partial charge in [0.05, 0.1) is 22.3 Å². The van der Waals surface area contributed by atoms with Gasteiger partial charge in [0.2, 0.25) is 0 Å². The fourth-order valence-corrected chi connectivity index (χ4v) is 5.66. The number of anilines is 2. The molecule has 0 heterocycles. The van der Waals surface area contributed by atoms with Crippen LogP contribution in [0.5, 0.6) is 23.0 Å². The fraction of sp³-hybridized carbons (Fsp3) is 0.102. The number of nitrogens with one attached hydrogen (secondary N) is 2. The summed E-state index contributed by atoms with van der Waals surface area (Å²) in [5, 5.41) is 24.2. The molecule has 0 saturated heterocycles. The predicted molar refractivity (Wildman–Crippen MR) is 230 cm³/mol. The van der Waals surface area contributed by atoms with Gasteiger partial charge in [-0.15, -0.1) is 24.7 Å². The van der Waals surface area contributed by atoms with Gasteiger partial charge in [0.1, 0.15) is 23.0 Å². The highest BCUT2D eigenvalue weighted by molar-refractivity contribution is 6.11. The van der Waals surface area contributed by atoms with Gasteiger partial charge in [-0.3, -0.25) is 9.59 Å². The average Bonchev–Trinajstić information content (AvgIpc) is 3.23. The summed E-state index contributed by atoms with van der Waals surface area (Å²) in [5.74, 6) is 3.52. The monoisotopic (exact) mass is 786 g/mol. The summed E-state index contributed by atoms with van der Waals surface area (Å²) in [4.78, 5) is 48.3. The van der Waals surface area contributed by atoms with Crippen molar-refractivity contribution in [2.45, 2.75) is 33.1 Å². The zero-order chi connectivity index (χ0) is 43.0. The molecular weight excluding hydrogens is 745 g/mol. The molecule has 0 unspecified atom stereocenters. The zero-order valence-electron chi connectivity index (χ0n) is 32.9. The largest absolute Gasteiger partial charge is 0.478 e. The van der Waals surface area contributed by atoms with E-state index in [4.69, 9.17) is 9.47 Å². The maximum atomic E-state index is 12.7. The molecule has 0 bridgehead atoms. The van der Waals surface area contributed by atoms with E-state index in [9.17, 15) is 29.4 Å². The van der Waals surface area contributed by atoms with E-state index < -0.39 is 23.8 Å². The Bertz CT molecular complexity index is 2300. The van der Waals surface area contributed by atoms with Gasteiger partial charge >= 0.3 is 11.9 Å². The Labute approximate surface area is 343 Å². The molecule has 6 aromatic rings. The Morgan fingerprint density at radius 2 is 0.729 bits per heavy atom. The van der Waals surface area contributed by atoms with Crippen LogP contribution in [-0.4, -0.2) is 34.0 Å². The number of carboxylic acid groups (broad SMARTS) is 2. The zero-order valence-corrected chi connectivity index (χ0v) is 32.9. The highest BCUT2D eigenvalue weighted by Crippen LogP contribution is 2.35. The molecule has 10 heteroatoms. The number of carbonyl (C=O) groups is 4. The molecule has 10 nitrogen and oxygen atoms in total. The second-order valence-electron chi connectivity index (χ2n) is 13.1. The number of amides is 2. The van der Waals surface area contributed by atoms with Gasteiger partial charge in [0.15, 0.2) is 0 Å². The first-order valence-corrected chi connectivity index (χ1v) is 18.1. The number of benzene rings is 6. The number of terminal acetylenes is 2. The lowest BCUT2D eigenvalue weighted by Crippen LogP contribution is -2.18. The molecule has 59 heavy (non-hydrogen) atoms. The van der Waals surface area contributed by atoms with Crippen molar-refractivity contribution in [3.63, 3.8) is 0 Å². The van der Waals surface area contributed by atoms with Gasteiger partial charge in [0, 0.05) is 16.8 Å². The first-order chi connectivity index (χ1) is 28.3. The molecule has 0 aliphatic heterocycles. The second kappa shape index (κ2) is 20.7. The SMILES string of the molecule is C#CC.C#CC.CC(C)(c1ccc(Oc2ccc(NC(=O)c3ccccc3C(=O)O)cc2)cc1)c1ccc(Oc2ccc(NC(=O)c3ccccc3C(=O)O)cc2)cc1. The molecule has 6 aromatic carbocycles. The molecule has 0 aliphatic carbocycles. The summed E-state index contributed by atoms with van der Waals surface area (Å²) in [6.45, 7) is 7.56. The predicted octanol–water partition coefficient (Wildman–Crippen LogP) is 10.8. The Balaban J connectivity index is 0.00000121. The molecule has 0 atom stereocenters. The smallest absolute Gasteiger partial charge is 0.336 e. The van der Waals surface area contributed by atoms with Crippen molar-refractivity contribution in [3.05, 3.63) is 179 Å². The first kappa shape index (κ1) is 43.6. The third-order valence-electron chi connectivity index (χ3n) is 8.65. The van der Waals surface area contributed by atoms with Crippen molar-refractivity contribution in [3.8, 4) is 47.7 Å². The molecule has 296 valence electrons. The van der Waals surface area contributed by atoms with E-state index in [0.29, 0.717) is 34.4 Å². The molecular formula is C49H42N2O8. The lowest BCUT2D eigenvalue weighted by molar-refractivity contribution is 0.0683. The van der Waals surface area contributed by atoms with Gasteiger partial charge in [0.25, 0.3) is 11.8 Å². The van der Waals surface area contributed by atoms with Crippen molar-refractivity contribution < 1.29 is 38.9 Å². The van der Waals surface area contributed by atoms with Crippen LogP contribution in [0.25, 0.3) is 0 Å². The van der Waals surface area contributed by atoms with E-state index >= 15 is 0 Å². The number of carboxylic acids is 2. The van der Waals surface area contributed by atoms with Crippen molar-refractivity contribution in [2.24, 2.45) is 0 Å². The standard InChI is InChI=1S/C43H34N2O8.2C3H4/c1-43(2,27-11-19-31(20-12-27)52-33-23-15-29(16-24-33)44-39(46)35-7-3-5-9-37(35)41(48)49)28-13-21-32(22-14-28)53-34-25-17-30(18-26-34)45-40(47)36-8-4-6-10-38(36)42(50)51;2*1-3-2/h3-26H,1-2H3,(H,44,46)(H,45,47)(H,48,49)(H,50,51);2*1H,2H3. The Morgan fingerprint density at radius 1 is 0.475 bits per heavy atom. The summed E-state index contributed by atoms with van der Waals surface area (Å²) in [7, 11) is 0. The summed E-state index contributed by atoms with van der Waals surface area (Å²) in [5.41, 5.74) is 2.80. The molecule has 0 aliphatic rings. The van der Waals surface area contributed by atoms with E-state index in [0.717, 1.165) is 11.1 Å². The van der Waals surface area contributed by atoms with Gasteiger partial charge in [-0.1, -0.05) is 62.4 Å². The van der Waals surface area contributed by atoms with Gasteiger partial charge in [-0.05, 0) is 122 Å². The molecule has 2 amide bonds. The molecule has 0 saturated carbocycles. The number of hydrogen-bond donors (Lipinski definition) is 4. The van der Waals surface area contributed by atoms with Crippen LogP contribution in [0.3, 0.4) is 0 Å². The van der Waals surface area contributed by atoms with Crippen molar-refractivity contribution in [1.29, 1.82) is 0 Å². The second-order valence-corrected chi connectivity index (χ2v) is 13.1. The van der Waals surface area contributed by atoms with Crippen LogP contribution >= 0.6 is 0 Å². The van der Waals surface area contributed by atoms with Crippen LogP contribution in [0.15, 0.2) is 146 Å². The van der Waals surface area contributed by atoms with Crippen LogP contribution < -0.4 is 20.1 Å². The molecule has 0 aromatic heterocycles. The van der Waals surface area contributed by atoms with E-state index in [1.165, 1.54) is 24.3 Å². The Morgan fingerprint density at radius 3 is 1.00 bits per heavy atom. The van der Waals surface area contributed by atoms with E-state index in [2.05, 4.69) is 49.2 Å². The molecule has 0 spiro atoms. The van der Waals surface area contributed by atoms with Crippen LogP contribution in [0.2, 0.25) is 0 Å². The number of rotatable bonds is 12. The van der Waals surface area contributed by atoms with Crippen molar-refractivity contribution >= 4 is 35.1 Å². The van der Waals surface area contributed by atoms with Gasteiger partial charge in [-0.2, -0.15) is 0 Å². The number of aromatic carboxylic acids is 2. The van der Waals surface area contributed by atoms with Gasteiger partial charge < -0.3 is 30.3 Å². The molecule has 0 radical (unpaired) electrons. The Kier molecular flexibility index (Phi) is 15.3. The first-order valence-electron chi connectivity index (χ1n) is 18.1. The minimum Gasteiger partial charge on any atom is -0.478 e. The molecule has 6 rings (SSSR count). The highest BCUT2D eigenvalue weighted by Gasteiger charge is 2.23. The maximum Gasteiger partial charge on any atom is 0.336 e. The Hall–Kier alpha value is -8.08. The lowest BCUT2D eigenvalue weighted by atomic mass is 9.78. The number of ether oxygens (including phenoxy) is 2. The van der Waals surface area contributed by atoms with Crippen LogP contribution in [0.1, 0.15) is 80.3 Å². The van der Waals surface area contributed by atoms with Crippen LogP contribution in [0, 0.1) is 24.7 Å². The minimum absolute atomic E-state index is 0.0722. The third kappa shape index (κ3) is 12.0. The third-order valence-corrected chi connectivity index (χ3v) is 8.65. The molecule has 4 N–H and O–H groups in total. The quantitative estimate of drug-likeness (QED) is 0.0895. The number of carbonyl (C=O) groups excluding carboxylic acids is 2. The highest BCUT2D eigenvalue weighted by atomic mass is 16.5. The van der Waals surface area contributed by atoms with E-state index in [1.54, 1.807) is 86.6 Å². The van der Waals surface area contributed by atoms with E-state index in [-0.39, 0.29) is 27.7 Å².